The number of hydrogen-bond donors (Lipinski definition) is 2. The Morgan fingerprint density at radius 2 is 2.29 bits per heavy atom. The van der Waals surface area contributed by atoms with E-state index in [0.29, 0.717) is 12.1 Å². The molecule has 0 aliphatic heterocycles. The molecule has 4 nitrogen and oxygen atoms in total. The highest BCUT2D eigenvalue weighted by molar-refractivity contribution is 5.77. The number of nitrogens with one attached hydrogen (secondary N) is 2. The van der Waals surface area contributed by atoms with Crippen LogP contribution in [-0.4, -0.2) is 19.0 Å². The molecule has 17 heavy (non-hydrogen) atoms. The quantitative estimate of drug-likeness (QED) is 0.797. The van der Waals surface area contributed by atoms with Gasteiger partial charge in [0.1, 0.15) is 5.82 Å². The van der Waals surface area contributed by atoms with E-state index in [1.54, 1.807) is 12.1 Å². The summed E-state index contributed by atoms with van der Waals surface area (Å²) in [5.41, 5.74) is 0.725. The van der Waals surface area contributed by atoms with Gasteiger partial charge in [0.2, 0.25) is 5.91 Å². The van der Waals surface area contributed by atoms with Crippen molar-refractivity contribution in [1.82, 2.24) is 10.6 Å². The highest BCUT2D eigenvalue weighted by Crippen LogP contribution is 2.09. The van der Waals surface area contributed by atoms with E-state index in [-0.39, 0.29) is 24.6 Å². The number of rotatable bonds is 5. The second-order valence-corrected chi connectivity index (χ2v) is 3.48. The van der Waals surface area contributed by atoms with Gasteiger partial charge in [-0.2, -0.15) is 5.26 Å². The Hall–Kier alpha value is -1.93. The summed E-state index contributed by atoms with van der Waals surface area (Å²) in [6, 6.07) is 6.13. The number of amides is 1. The van der Waals surface area contributed by atoms with E-state index in [0.717, 1.165) is 0 Å². The van der Waals surface area contributed by atoms with Crippen molar-refractivity contribution >= 4 is 5.91 Å². The Balaban J connectivity index is 2.47. The van der Waals surface area contributed by atoms with E-state index >= 15 is 0 Å². The van der Waals surface area contributed by atoms with Gasteiger partial charge in [0.25, 0.3) is 0 Å². The molecule has 0 unspecified atom stereocenters. The first-order chi connectivity index (χ1) is 8.17. The molecule has 0 aliphatic carbocycles. The van der Waals surface area contributed by atoms with E-state index in [1.807, 2.05) is 13.0 Å². The number of nitriles is 1. The van der Waals surface area contributed by atoms with Gasteiger partial charge in [-0.05, 0) is 19.1 Å². The summed E-state index contributed by atoms with van der Waals surface area (Å²) in [6.45, 7) is 2.81. The van der Waals surface area contributed by atoms with E-state index in [4.69, 9.17) is 5.26 Å². The van der Waals surface area contributed by atoms with Crippen molar-refractivity contribution in [2.75, 3.05) is 13.1 Å². The molecule has 2 N–H and O–H groups in total. The van der Waals surface area contributed by atoms with Crippen LogP contribution in [0, 0.1) is 17.1 Å². The van der Waals surface area contributed by atoms with Crippen LogP contribution < -0.4 is 10.6 Å². The lowest BCUT2D eigenvalue weighted by Crippen LogP contribution is -2.33. The molecule has 1 amide bonds. The molecule has 0 bridgehead atoms. The zero-order valence-electron chi connectivity index (χ0n) is 9.59. The molecule has 0 spiro atoms. The summed E-state index contributed by atoms with van der Waals surface area (Å²) in [5, 5.41) is 14.0. The van der Waals surface area contributed by atoms with Crippen LogP contribution in [0.15, 0.2) is 18.2 Å². The lowest BCUT2D eigenvalue weighted by Gasteiger charge is -2.06. The number of likely N-dealkylation sites (N-methyl/N-ethyl adjacent to an activating group) is 1. The molecule has 0 fully saturated rings. The fraction of sp³-hybridized carbons (Fsp3) is 0.333. The van der Waals surface area contributed by atoms with E-state index in [1.165, 1.54) is 6.07 Å². The Bertz CT molecular complexity index is 440. The van der Waals surface area contributed by atoms with Crippen LogP contribution in [0.5, 0.6) is 0 Å². The fourth-order valence-corrected chi connectivity index (χ4v) is 1.33. The molecule has 0 radical (unpaired) electrons. The van der Waals surface area contributed by atoms with Gasteiger partial charge in [0, 0.05) is 18.7 Å². The first-order valence-electron chi connectivity index (χ1n) is 5.33. The predicted octanol–water partition coefficient (Wildman–Crippen LogP) is 0.923. The molecule has 0 saturated heterocycles. The monoisotopic (exact) mass is 235 g/mol. The largest absolute Gasteiger partial charge is 0.355 e. The zero-order chi connectivity index (χ0) is 12.7. The molecule has 1 aromatic carbocycles. The second-order valence-electron chi connectivity index (χ2n) is 3.48. The van der Waals surface area contributed by atoms with Gasteiger partial charge in [-0.3, -0.25) is 4.79 Å². The maximum absolute atomic E-state index is 13.4. The molecule has 0 saturated carbocycles. The van der Waals surface area contributed by atoms with Crippen LogP contribution in [0.3, 0.4) is 0 Å². The third-order valence-corrected chi connectivity index (χ3v) is 2.16. The molecule has 5 heteroatoms. The van der Waals surface area contributed by atoms with Gasteiger partial charge in [-0.1, -0.05) is 6.07 Å². The molecule has 1 aromatic rings. The number of nitrogens with zero attached hydrogens (tertiary/aromatic N) is 1. The third-order valence-electron chi connectivity index (χ3n) is 2.16. The van der Waals surface area contributed by atoms with Crippen LogP contribution in [0.4, 0.5) is 4.39 Å². The molecule has 0 aliphatic rings. The van der Waals surface area contributed by atoms with Gasteiger partial charge in [-0.25, -0.2) is 4.39 Å². The number of hydrogen-bond acceptors (Lipinski definition) is 3. The second kappa shape index (κ2) is 6.61. The average Bonchev–Trinajstić information content (AvgIpc) is 2.31. The van der Waals surface area contributed by atoms with E-state index < -0.39 is 5.82 Å². The van der Waals surface area contributed by atoms with E-state index in [9.17, 15) is 9.18 Å². The fourth-order valence-electron chi connectivity index (χ4n) is 1.33. The summed E-state index contributed by atoms with van der Waals surface area (Å²) in [4.78, 5) is 11.1. The summed E-state index contributed by atoms with van der Waals surface area (Å²) in [6.07, 6.45) is 0. The van der Waals surface area contributed by atoms with Crippen LogP contribution in [-0.2, 0) is 11.3 Å². The molecule has 90 valence electrons. The lowest BCUT2D eigenvalue weighted by atomic mass is 10.1. The summed E-state index contributed by atoms with van der Waals surface area (Å²) in [5.74, 6) is -0.561. The van der Waals surface area contributed by atoms with Crippen molar-refractivity contribution in [2.45, 2.75) is 13.5 Å². The Morgan fingerprint density at radius 1 is 1.53 bits per heavy atom. The molecule has 0 aromatic heterocycles. The van der Waals surface area contributed by atoms with Crippen LogP contribution in [0.25, 0.3) is 0 Å². The number of carbonyl (C=O) groups is 1. The summed E-state index contributed by atoms with van der Waals surface area (Å²) < 4.78 is 13.4. The lowest BCUT2D eigenvalue weighted by molar-refractivity contribution is -0.120. The van der Waals surface area contributed by atoms with Crippen molar-refractivity contribution in [2.24, 2.45) is 0 Å². The van der Waals surface area contributed by atoms with E-state index in [2.05, 4.69) is 10.6 Å². The van der Waals surface area contributed by atoms with Gasteiger partial charge in [-0.15, -0.1) is 0 Å². The zero-order valence-corrected chi connectivity index (χ0v) is 9.59. The molecular formula is C12H14FN3O. The molecule has 0 heterocycles. The number of carbonyl (C=O) groups excluding carboxylic acids is 1. The Labute approximate surface area is 99.4 Å². The summed E-state index contributed by atoms with van der Waals surface area (Å²) >= 11 is 0. The highest BCUT2D eigenvalue weighted by atomic mass is 19.1. The van der Waals surface area contributed by atoms with Crippen molar-refractivity contribution in [1.29, 1.82) is 5.26 Å². The van der Waals surface area contributed by atoms with Gasteiger partial charge in [0.15, 0.2) is 0 Å². The van der Waals surface area contributed by atoms with Crippen molar-refractivity contribution in [3.8, 4) is 6.07 Å². The third kappa shape index (κ3) is 4.21. The number of halogens is 1. The maximum Gasteiger partial charge on any atom is 0.233 e. The number of benzene rings is 1. The normalized spacial score (nSPS) is 9.71. The molecular weight excluding hydrogens is 221 g/mol. The minimum Gasteiger partial charge on any atom is -0.355 e. The van der Waals surface area contributed by atoms with Gasteiger partial charge >= 0.3 is 0 Å². The predicted molar refractivity (Wildman–Crippen MR) is 61.5 cm³/mol. The van der Waals surface area contributed by atoms with Crippen LogP contribution >= 0.6 is 0 Å². The minimum atomic E-state index is -0.438. The van der Waals surface area contributed by atoms with Crippen molar-refractivity contribution in [3.63, 3.8) is 0 Å². The highest BCUT2D eigenvalue weighted by Gasteiger charge is 2.04. The SMILES string of the molecule is CCNC(=O)CNCc1ccc(C#N)cc1F. The maximum atomic E-state index is 13.4. The van der Waals surface area contributed by atoms with Gasteiger partial charge < -0.3 is 10.6 Å². The Morgan fingerprint density at radius 3 is 2.88 bits per heavy atom. The van der Waals surface area contributed by atoms with Crippen LogP contribution in [0.1, 0.15) is 18.1 Å². The minimum absolute atomic E-state index is 0.124. The Kier molecular flexibility index (Phi) is 5.11. The van der Waals surface area contributed by atoms with Crippen molar-refractivity contribution in [3.05, 3.63) is 35.1 Å². The first-order valence-corrected chi connectivity index (χ1v) is 5.33. The van der Waals surface area contributed by atoms with Crippen molar-refractivity contribution < 1.29 is 9.18 Å². The average molecular weight is 235 g/mol. The standard InChI is InChI=1S/C12H14FN3O/c1-2-16-12(17)8-15-7-10-4-3-9(6-14)5-11(10)13/h3-5,15H,2,7-8H2,1H3,(H,16,17). The molecule has 1 rings (SSSR count). The van der Waals surface area contributed by atoms with Gasteiger partial charge in [0.05, 0.1) is 18.2 Å². The van der Waals surface area contributed by atoms with Crippen LogP contribution in [0.2, 0.25) is 0 Å². The summed E-state index contributed by atoms with van der Waals surface area (Å²) in [7, 11) is 0. The topological polar surface area (TPSA) is 64.9 Å². The molecule has 0 atom stereocenters. The smallest absolute Gasteiger partial charge is 0.233 e. The first kappa shape index (κ1) is 13.1.